The van der Waals surface area contributed by atoms with Gasteiger partial charge in [0.05, 0.1) is 12.9 Å². The van der Waals surface area contributed by atoms with Gasteiger partial charge in [0.1, 0.15) is 11.6 Å². The summed E-state index contributed by atoms with van der Waals surface area (Å²) >= 11 is 6.70. The minimum Gasteiger partial charge on any atom is -0.497 e. The van der Waals surface area contributed by atoms with Crippen LogP contribution >= 0.6 is 24.0 Å². The van der Waals surface area contributed by atoms with Crippen LogP contribution in [0.3, 0.4) is 0 Å². The number of thiocarbonyl (C=S) groups is 1. The van der Waals surface area contributed by atoms with Gasteiger partial charge in [-0.2, -0.15) is 0 Å². The van der Waals surface area contributed by atoms with Crippen molar-refractivity contribution in [2.75, 3.05) is 28.8 Å². The van der Waals surface area contributed by atoms with Gasteiger partial charge in [-0.05, 0) is 85.0 Å². The zero-order chi connectivity index (χ0) is 21.3. The van der Waals surface area contributed by atoms with Gasteiger partial charge in [-0.15, -0.1) is 11.8 Å². The van der Waals surface area contributed by atoms with E-state index < -0.39 is 0 Å². The highest BCUT2D eigenvalue weighted by Gasteiger charge is 2.05. The Morgan fingerprint density at radius 1 is 0.867 bits per heavy atom. The summed E-state index contributed by atoms with van der Waals surface area (Å²) in [6.45, 7) is 0. The van der Waals surface area contributed by atoms with Crippen molar-refractivity contribution in [1.82, 2.24) is 0 Å². The van der Waals surface area contributed by atoms with Crippen molar-refractivity contribution in [2.24, 2.45) is 0 Å². The molecule has 154 valence electrons. The summed E-state index contributed by atoms with van der Waals surface area (Å²) in [4.78, 5) is 13.1. The van der Waals surface area contributed by atoms with Crippen LogP contribution in [0.25, 0.3) is 0 Å². The van der Waals surface area contributed by atoms with E-state index in [4.69, 9.17) is 17.0 Å². The van der Waals surface area contributed by atoms with Gasteiger partial charge in [0, 0.05) is 22.0 Å². The Bertz CT molecular complexity index is 994. The van der Waals surface area contributed by atoms with E-state index in [2.05, 4.69) is 16.0 Å². The summed E-state index contributed by atoms with van der Waals surface area (Å²) in [5.41, 5.74) is 2.23. The largest absolute Gasteiger partial charge is 0.497 e. The Morgan fingerprint density at radius 2 is 1.37 bits per heavy atom. The summed E-state index contributed by atoms with van der Waals surface area (Å²) in [5, 5.41) is 9.31. The number of rotatable bonds is 7. The first kappa shape index (κ1) is 21.6. The van der Waals surface area contributed by atoms with Gasteiger partial charge in [0.15, 0.2) is 5.11 Å². The topological polar surface area (TPSA) is 62.4 Å². The highest BCUT2D eigenvalue weighted by Crippen LogP contribution is 2.21. The van der Waals surface area contributed by atoms with Gasteiger partial charge >= 0.3 is 0 Å². The number of methoxy groups -OCH3 is 1. The molecule has 3 N–H and O–H groups in total. The van der Waals surface area contributed by atoms with Crippen molar-refractivity contribution in [1.29, 1.82) is 0 Å². The zero-order valence-corrected chi connectivity index (χ0v) is 17.8. The predicted molar refractivity (Wildman–Crippen MR) is 125 cm³/mol. The lowest BCUT2D eigenvalue weighted by Crippen LogP contribution is -2.18. The van der Waals surface area contributed by atoms with Crippen LogP contribution in [0.2, 0.25) is 0 Å². The summed E-state index contributed by atoms with van der Waals surface area (Å²) in [7, 11) is 1.60. The molecule has 0 fully saturated rings. The van der Waals surface area contributed by atoms with Crippen LogP contribution < -0.4 is 20.7 Å². The smallest absolute Gasteiger partial charge is 0.234 e. The molecule has 1 amide bonds. The Labute approximate surface area is 184 Å². The van der Waals surface area contributed by atoms with Crippen LogP contribution in [0.15, 0.2) is 77.7 Å². The zero-order valence-electron chi connectivity index (χ0n) is 16.1. The molecule has 3 aromatic rings. The van der Waals surface area contributed by atoms with E-state index in [0.29, 0.717) is 16.6 Å². The summed E-state index contributed by atoms with van der Waals surface area (Å²) in [5.74, 6) is 0.647. The first-order valence-electron chi connectivity index (χ1n) is 9.02. The van der Waals surface area contributed by atoms with Crippen molar-refractivity contribution in [3.63, 3.8) is 0 Å². The first-order chi connectivity index (χ1) is 14.5. The van der Waals surface area contributed by atoms with Crippen molar-refractivity contribution in [2.45, 2.75) is 4.90 Å². The van der Waals surface area contributed by atoms with Crippen molar-refractivity contribution in [3.8, 4) is 5.75 Å². The van der Waals surface area contributed by atoms with Crippen LogP contribution in [0.5, 0.6) is 5.75 Å². The van der Waals surface area contributed by atoms with Gasteiger partial charge in [0.2, 0.25) is 5.91 Å². The molecule has 0 saturated heterocycles. The fraction of sp³-hybridized carbons (Fsp3) is 0.0909. The molecule has 3 aromatic carbocycles. The Morgan fingerprint density at radius 3 is 1.93 bits per heavy atom. The lowest BCUT2D eigenvalue weighted by Gasteiger charge is -2.11. The van der Waals surface area contributed by atoms with Gasteiger partial charge in [-0.25, -0.2) is 4.39 Å². The number of carbonyl (C=O) groups excluding carboxylic acids is 1. The highest BCUT2D eigenvalue weighted by atomic mass is 32.2. The van der Waals surface area contributed by atoms with E-state index in [9.17, 15) is 9.18 Å². The molecule has 0 saturated carbocycles. The SMILES string of the molecule is COc1ccc(NC(=O)CSc2ccc(NC(=S)Nc3ccc(F)cc3)cc2)cc1. The minimum absolute atomic E-state index is 0.0861. The average molecular weight is 442 g/mol. The normalized spacial score (nSPS) is 10.2. The summed E-state index contributed by atoms with van der Waals surface area (Å²) in [6, 6.07) is 20.7. The number of hydrogen-bond donors (Lipinski definition) is 3. The third-order valence-electron chi connectivity index (χ3n) is 3.96. The maximum absolute atomic E-state index is 13.0. The molecular formula is C22H20FN3O2S2. The molecule has 0 aliphatic heterocycles. The van der Waals surface area contributed by atoms with E-state index in [1.54, 1.807) is 43.5 Å². The minimum atomic E-state index is -0.301. The number of hydrogen-bond acceptors (Lipinski definition) is 4. The van der Waals surface area contributed by atoms with Gasteiger partial charge < -0.3 is 20.7 Å². The Balaban J connectivity index is 1.44. The Hall–Kier alpha value is -3.10. The molecule has 8 heteroatoms. The molecule has 5 nitrogen and oxygen atoms in total. The number of anilines is 3. The second-order valence-electron chi connectivity index (χ2n) is 6.18. The van der Waals surface area contributed by atoms with E-state index in [1.165, 1.54) is 23.9 Å². The van der Waals surface area contributed by atoms with Crippen molar-refractivity contribution in [3.05, 3.63) is 78.6 Å². The number of ether oxygens (including phenoxy) is 1. The molecule has 0 bridgehead atoms. The fourth-order valence-corrected chi connectivity index (χ4v) is 3.42. The fourth-order valence-electron chi connectivity index (χ4n) is 2.48. The van der Waals surface area contributed by atoms with Crippen molar-refractivity contribution >= 4 is 52.1 Å². The molecule has 0 aromatic heterocycles. The first-order valence-corrected chi connectivity index (χ1v) is 10.4. The van der Waals surface area contributed by atoms with Crippen LogP contribution in [-0.4, -0.2) is 23.9 Å². The third-order valence-corrected chi connectivity index (χ3v) is 5.17. The molecule has 0 unspecified atom stereocenters. The number of amides is 1. The molecule has 0 atom stereocenters. The molecular weight excluding hydrogens is 421 g/mol. The molecule has 0 aliphatic rings. The molecule has 0 spiro atoms. The number of carbonyl (C=O) groups is 1. The predicted octanol–water partition coefficient (Wildman–Crippen LogP) is 5.37. The molecule has 30 heavy (non-hydrogen) atoms. The number of nitrogens with one attached hydrogen (secondary N) is 3. The van der Waals surface area contributed by atoms with Crippen LogP contribution in [0.1, 0.15) is 0 Å². The second-order valence-corrected chi connectivity index (χ2v) is 7.63. The lowest BCUT2D eigenvalue weighted by molar-refractivity contribution is -0.113. The van der Waals surface area contributed by atoms with Crippen LogP contribution in [0, 0.1) is 5.82 Å². The molecule has 0 aliphatic carbocycles. The maximum Gasteiger partial charge on any atom is 0.234 e. The number of thioether (sulfide) groups is 1. The number of halogens is 1. The molecule has 0 heterocycles. The molecule has 0 radical (unpaired) electrons. The monoisotopic (exact) mass is 441 g/mol. The van der Waals surface area contributed by atoms with Crippen LogP contribution in [0.4, 0.5) is 21.5 Å². The number of benzene rings is 3. The van der Waals surface area contributed by atoms with E-state index in [0.717, 1.165) is 22.0 Å². The average Bonchev–Trinajstić information content (AvgIpc) is 2.75. The lowest BCUT2D eigenvalue weighted by atomic mass is 10.3. The Kier molecular flexibility index (Phi) is 7.64. The van der Waals surface area contributed by atoms with Crippen molar-refractivity contribution < 1.29 is 13.9 Å². The van der Waals surface area contributed by atoms with Gasteiger partial charge in [-0.3, -0.25) is 4.79 Å². The third kappa shape index (κ3) is 6.75. The van der Waals surface area contributed by atoms with Gasteiger partial charge in [0.25, 0.3) is 0 Å². The maximum atomic E-state index is 13.0. The summed E-state index contributed by atoms with van der Waals surface area (Å²) in [6.07, 6.45) is 0. The highest BCUT2D eigenvalue weighted by molar-refractivity contribution is 8.00. The second kappa shape index (κ2) is 10.6. The standard InChI is InChI=1S/C22H20FN3O2S2/c1-28-19-10-6-16(7-11-19)24-21(27)14-30-20-12-8-18(9-13-20)26-22(29)25-17-4-2-15(23)3-5-17/h2-13H,14H2,1H3,(H,24,27)(H2,25,26,29). The molecule has 3 rings (SSSR count). The van der Waals surface area contributed by atoms with E-state index in [1.807, 2.05) is 24.3 Å². The van der Waals surface area contributed by atoms with E-state index >= 15 is 0 Å². The quantitative estimate of drug-likeness (QED) is 0.338. The summed E-state index contributed by atoms with van der Waals surface area (Å²) < 4.78 is 18.1. The van der Waals surface area contributed by atoms with Gasteiger partial charge in [-0.1, -0.05) is 0 Å². The van der Waals surface area contributed by atoms with Crippen LogP contribution in [-0.2, 0) is 4.79 Å². The van der Waals surface area contributed by atoms with E-state index in [-0.39, 0.29) is 11.7 Å².